The van der Waals surface area contributed by atoms with Crippen molar-refractivity contribution in [1.82, 2.24) is 9.97 Å². The third-order valence-electron chi connectivity index (χ3n) is 3.31. The minimum absolute atomic E-state index is 0.383. The fourth-order valence-corrected chi connectivity index (χ4v) is 2.20. The minimum Gasteiger partial charge on any atom is -0.237 e. The maximum atomic E-state index is 6.17. The second kappa shape index (κ2) is 4.09. The Morgan fingerprint density at radius 3 is 2.53 bits per heavy atom. The molecular weight excluding hydrogens is 208 g/mol. The van der Waals surface area contributed by atoms with Crippen LogP contribution in [0.4, 0.5) is 0 Å². The Labute approximate surface area is 96.1 Å². The average molecular weight is 225 g/mol. The van der Waals surface area contributed by atoms with Crippen molar-refractivity contribution in [1.29, 1.82) is 0 Å². The van der Waals surface area contributed by atoms with Gasteiger partial charge in [-0.2, -0.15) is 0 Å². The van der Waals surface area contributed by atoms with Crippen LogP contribution in [0.25, 0.3) is 0 Å². The summed E-state index contributed by atoms with van der Waals surface area (Å²) >= 11 is 6.17. The summed E-state index contributed by atoms with van der Waals surface area (Å²) in [6, 6.07) is 0. The molecule has 0 amide bonds. The normalized spacial score (nSPS) is 16.9. The molecule has 0 saturated heterocycles. The van der Waals surface area contributed by atoms with Gasteiger partial charge in [-0.25, -0.2) is 9.97 Å². The molecule has 0 aliphatic heterocycles. The van der Waals surface area contributed by atoms with Gasteiger partial charge in [0, 0.05) is 17.2 Å². The molecule has 1 aromatic rings. The predicted octanol–water partition coefficient (Wildman–Crippen LogP) is 3.38. The van der Waals surface area contributed by atoms with E-state index in [1.807, 2.05) is 0 Å². The van der Waals surface area contributed by atoms with Crippen molar-refractivity contribution in [2.45, 2.75) is 46.0 Å². The van der Waals surface area contributed by atoms with E-state index in [4.69, 9.17) is 11.6 Å². The lowest BCUT2D eigenvalue weighted by Crippen LogP contribution is -2.09. The molecule has 0 saturated carbocycles. The molecule has 2 nitrogen and oxygen atoms in total. The summed E-state index contributed by atoms with van der Waals surface area (Å²) in [6.45, 7) is 6.54. The van der Waals surface area contributed by atoms with Crippen molar-refractivity contribution < 1.29 is 0 Å². The first-order valence-electron chi connectivity index (χ1n) is 5.64. The van der Waals surface area contributed by atoms with Gasteiger partial charge in [-0.15, -0.1) is 0 Å². The molecule has 0 spiro atoms. The molecule has 1 atom stereocenters. The lowest BCUT2D eigenvalue weighted by atomic mass is 9.97. The van der Waals surface area contributed by atoms with Gasteiger partial charge in [0.05, 0.1) is 0 Å². The number of halogens is 1. The molecule has 82 valence electrons. The first-order valence-corrected chi connectivity index (χ1v) is 6.02. The van der Waals surface area contributed by atoms with Gasteiger partial charge >= 0.3 is 0 Å². The summed E-state index contributed by atoms with van der Waals surface area (Å²) < 4.78 is 0. The fourth-order valence-electron chi connectivity index (χ4n) is 1.91. The second-order valence-electron chi connectivity index (χ2n) is 4.68. The third-order valence-corrected chi connectivity index (χ3v) is 3.62. The number of nitrogens with zero attached hydrogens (tertiary/aromatic N) is 2. The average Bonchev–Trinajstić information content (AvgIpc) is 2.64. The molecule has 0 bridgehead atoms. The van der Waals surface area contributed by atoms with E-state index < -0.39 is 0 Å². The van der Waals surface area contributed by atoms with Crippen molar-refractivity contribution >= 4 is 11.6 Å². The van der Waals surface area contributed by atoms with Crippen molar-refractivity contribution in [2.75, 3.05) is 0 Å². The Kier molecular flexibility index (Phi) is 2.96. The summed E-state index contributed by atoms with van der Waals surface area (Å²) in [5, 5.41) is 0.681. The summed E-state index contributed by atoms with van der Waals surface area (Å²) in [7, 11) is 0. The van der Waals surface area contributed by atoms with Crippen LogP contribution in [0, 0.1) is 5.92 Å². The van der Waals surface area contributed by atoms with Crippen LogP contribution in [0.1, 0.15) is 50.2 Å². The summed E-state index contributed by atoms with van der Waals surface area (Å²) in [4.78, 5) is 9.06. The molecular formula is C12H17ClN2. The highest BCUT2D eigenvalue weighted by Gasteiger charge is 2.21. The van der Waals surface area contributed by atoms with E-state index in [-0.39, 0.29) is 0 Å². The van der Waals surface area contributed by atoms with Gasteiger partial charge in [0.25, 0.3) is 0 Å². The lowest BCUT2D eigenvalue weighted by molar-refractivity contribution is 0.508. The van der Waals surface area contributed by atoms with E-state index in [0.717, 1.165) is 18.7 Å². The van der Waals surface area contributed by atoms with E-state index in [0.29, 0.717) is 17.0 Å². The molecule has 15 heavy (non-hydrogen) atoms. The Balaban J connectivity index is 2.39. The zero-order chi connectivity index (χ0) is 11.0. The van der Waals surface area contributed by atoms with Crippen LogP contribution in [-0.4, -0.2) is 9.97 Å². The van der Waals surface area contributed by atoms with Crippen molar-refractivity contribution in [3.63, 3.8) is 0 Å². The molecule has 1 aliphatic rings. The fraction of sp³-hybridized carbons (Fsp3) is 0.667. The molecule has 3 heteroatoms. The van der Waals surface area contributed by atoms with E-state index in [2.05, 4.69) is 30.7 Å². The first-order chi connectivity index (χ1) is 7.09. The molecule has 0 radical (unpaired) electrons. The molecule has 0 N–H and O–H groups in total. The summed E-state index contributed by atoms with van der Waals surface area (Å²) in [6.07, 6.45) is 3.28. The van der Waals surface area contributed by atoms with E-state index in [1.54, 1.807) is 0 Å². The van der Waals surface area contributed by atoms with Gasteiger partial charge in [0.1, 0.15) is 11.0 Å². The molecule has 2 rings (SSSR count). The van der Waals surface area contributed by atoms with E-state index in [9.17, 15) is 0 Å². The van der Waals surface area contributed by atoms with Crippen LogP contribution in [0.5, 0.6) is 0 Å². The molecule has 1 heterocycles. The van der Waals surface area contributed by atoms with Crippen LogP contribution in [0.2, 0.25) is 5.15 Å². The number of hydrogen-bond acceptors (Lipinski definition) is 2. The largest absolute Gasteiger partial charge is 0.237 e. The highest BCUT2D eigenvalue weighted by atomic mass is 35.5. The van der Waals surface area contributed by atoms with Crippen LogP contribution in [-0.2, 0) is 12.8 Å². The van der Waals surface area contributed by atoms with Crippen LogP contribution in [0.3, 0.4) is 0 Å². The Morgan fingerprint density at radius 2 is 1.87 bits per heavy atom. The zero-order valence-corrected chi connectivity index (χ0v) is 10.3. The smallest absolute Gasteiger partial charge is 0.136 e. The maximum absolute atomic E-state index is 6.17. The molecule has 0 aromatic carbocycles. The van der Waals surface area contributed by atoms with Gasteiger partial charge in [-0.1, -0.05) is 32.4 Å². The Bertz CT molecular complexity index is 374. The number of hydrogen-bond donors (Lipinski definition) is 0. The second-order valence-corrected chi connectivity index (χ2v) is 5.04. The molecule has 0 fully saturated rings. The monoisotopic (exact) mass is 224 g/mol. The van der Waals surface area contributed by atoms with Gasteiger partial charge in [-0.3, -0.25) is 0 Å². The number of aryl methyl sites for hydroxylation is 1. The van der Waals surface area contributed by atoms with Crippen molar-refractivity contribution in [2.24, 2.45) is 5.92 Å². The quantitative estimate of drug-likeness (QED) is 0.720. The summed E-state index contributed by atoms with van der Waals surface area (Å²) in [5.74, 6) is 1.85. The van der Waals surface area contributed by atoms with E-state index in [1.165, 1.54) is 17.7 Å². The van der Waals surface area contributed by atoms with Gasteiger partial charge in [0.15, 0.2) is 0 Å². The SMILES string of the molecule is CC(C)C(C)c1nc(Cl)c2c(n1)CCC2. The predicted molar refractivity (Wildman–Crippen MR) is 62.3 cm³/mol. The van der Waals surface area contributed by atoms with Crippen LogP contribution < -0.4 is 0 Å². The Hall–Kier alpha value is -0.630. The molecule has 1 aliphatic carbocycles. The number of fused-ring (bicyclic) bond motifs is 1. The van der Waals surface area contributed by atoms with Crippen molar-refractivity contribution in [3.8, 4) is 0 Å². The highest BCUT2D eigenvalue weighted by molar-refractivity contribution is 6.30. The molecule has 1 unspecified atom stereocenters. The standard InChI is InChI=1S/C12H17ClN2/c1-7(2)8(3)12-14-10-6-4-5-9(10)11(13)15-12/h7-8H,4-6H2,1-3H3. The Morgan fingerprint density at radius 1 is 1.13 bits per heavy atom. The van der Waals surface area contributed by atoms with Crippen LogP contribution >= 0.6 is 11.6 Å². The molecule has 1 aromatic heterocycles. The lowest BCUT2D eigenvalue weighted by Gasteiger charge is -2.15. The maximum Gasteiger partial charge on any atom is 0.136 e. The highest BCUT2D eigenvalue weighted by Crippen LogP contribution is 2.29. The minimum atomic E-state index is 0.383. The van der Waals surface area contributed by atoms with Crippen molar-refractivity contribution in [3.05, 3.63) is 22.2 Å². The number of aromatic nitrogens is 2. The van der Waals surface area contributed by atoms with Gasteiger partial charge < -0.3 is 0 Å². The van der Waals surface area contributed by atoms with Crippen LogP contribution in [0.15, 0.2) is 0 Å². The zero-order valence-electron chi connectivity index (χ0n) is 9.55. The summed E-state index contributed by atoms with van der Waals surface area (Å²) in [5.41, 5.74) is 2.36. The van der Waals surface area contributed by atoms with E-state index >= 15 is 0 Å². The van der Waals surface area contributed by atoms with Gasteiger partial charge in [0.2, 0.25) is 0 Å². The first kappa shape index (κ1) is 10.9. The third kappa shape index (κ3) is 2.00. The van der Waals surface area contributed by atoms with Gasteiger partial charge in [-0.05, 0) is 25.2 Å². The topological polar surface area (TPSA) is 25.8 Å². The number of rotatable bonds is 2.